The Morgan fingerprint density at radius 3 is 2.50 bits per heavy atom. The highest BCUT2D eigenvalue weighted by atomic mass is 16.5. The zero-order valence-electron chi connectivity index (χ0n) is 16.2. The van der Waals surface area contributed by atoms with Gasteiger partial charge in [0.15, 0.2) is 0 Å². The number of likely N-dealkylation sites (tertiary alicyclic amines) is 1. The molecule has 1 atom stereocenters. The average molecular weight is 389 g/mol. The van der Waals surface area contributed by atoms with E-state index in [4.69, 9.17) is 9.47 Å². The summed E-state index contributed by atoms with van der Waals surface area (Å²) in [6, 6.07) is 6.39. The summed E-state index contributed by atoms with van der Waals surface area (Å²) in [7, 11) is 0. The second kappa shape index (κ2) is 8.73. The van der Waals surface area contributed by atoms with Crippen molar-refractivity contribution in [2.75, 3.05) is 19.8 Å². The maximum Gasteiger partial charge on any atom is 0.338 e. The zero-order chi connectivity index (χ0) is 20.1. The molecule has 7 nitrogen and oxygen atoms in total. The highest BCUT2D eigenvalue weighted by Crippen LogP contribution is 2.45. The van der Waals surface area contributed by atoms with E-state index in [2.05, 4.69) is 0 Å². The van der Waals surface area contributed by atoms with Crippen molar-refractivity contribution in [1.82, 2.24) is 4.90 Å². The number of imide groups is 1. The Bertz CT molecular complexity index is 723. The molecule has 7 heteroatoms. The van der Waals surface area contributed by atoms with Crippen LogP contribution in [0.1, 0.15) is 55.8 Å². The third-order valence-electron chi connectivity index (χ3n) is 5.50. The van der Waals surface area contributed by atoms with Crippen LogP contribution in [0, 0.1) is 5.41 Å². The molecule has 0 aromatic heterocycles. The molecule has 152 valence electrons. The van der Waals surface area contributed by atoms with Gasteiger partial charge in [-0.05, 0) is 44.0 Å². The Kier molecular flexibility index (Phi) is 6.34. The van der Waals surface area contributed by atoms with Crippen molar-refractivity contribution >= 4 is 17.8 Å². The fourth-order valence-corrected chi connectivity index (χ4v) is 4.02. The molecule has 1 N–H and O–H groups in total. The average Bonchev–Trinajstić information content (AvgIpc) is 2.91. The normalized spacial score (nSPS) is 19.7. The van der Waals surface area contributed by atoms with Gasteiger partial charge in [0.1, 0.15) is 18.5 Å². The number of aliphatic hydroxyl groups excluding tert-OH is 1. The lowest BCUT2D eigenvalue weighted by molar-refractivity contribution is -0.144. The fourth-order valence-electron chi connectivity index (χ4n) is 4.02. The number of rotatable bonds is 7. The van der Waals surface area contributed by atoms with Crippen LogP contribution in [0.15, 0.2) is 24.3 Å². The first-order valence-corrected chi connectivity index (χ1v) is 9.88. The summed E-state index contributed by atoms with van der Waals surface area (Å²) in [4.78, 5) is 37.9. The van der Waals surface area contributed by atoms with Crippen molar-refractivity contribution in [3.05, 3.63) is 29.8 Å². The Morgan fingerprint density at radius 2 is 1.86 bits per heavy atom. The topological polar surface area (TPSA) is 93.1 Å². The Balaban J connectivity index is 1.51. The summed E-state index contributed by atoms with van der Waals surface area (Å²) in [5.74, 6) is -0.272. The number of aliphatic hydroxyl groups is 1. The quantitative estimate of drug-likeness (QED) is 0.568. The van der Waals surface area contributed by atoms with E-state index >= 15 is 0 Å². The van der Waals surface area contributed by atoms with Gasteiger partial charge in [-0.3, -0.25) is 14.5 Å². The molecule has 3 rings (SSSR count). The van der Waals surface area contributed by atoms with Gasteiger partial charge in [0.05, 0.1) is 24.1 Å². The number of esters is 1. The smallest absolute Gasteiger partial charge is 0.338 e. The van der Waals surface area contributed by atoms with Gasteiger partial charge in [-0.25, -0.2) is 4.79 Å². The number of benzene rings is 1. The predicted molar refractivity (Wildman–Crippen MR) is 101 cm³/mol. The molecule has 1 aromatic rings. The first-order chi connectivity index (χ1) is 13.4. The van der Waals surface area contributed by atoms with E-state index in [1.807, 2.05) is 0 Å². The van der Waals surface area contributed by atoms with Crippen LogP contribution in [0.3, 0.4) is 0 Å². The Morgan fingerprint density at radius 1 is 1.18 bits per heavy atom. The van der Waals surface area contributed by atoms with Crippen LogP contribution in [0.2, 0.25) is 0 Å². The number of amides is 2. The largest absolute Gasteiger partial charge is 0.491 e. The Hall–Kier alpha value is -2.41. The van der Waals surface area contributed by atoms with Crippen molar-refractivity contribution in [2.24, 2.45) is 5.41 Å². The molecule has 1 aromatic carbocycles. The van der Waals surface area contributed by atoms with E-state index in [0.29, 0.717) is 17.9 Å². The molecule has 1 saturated carbocycles. The SMILES string of the molecule is CCOC(=O)c1ccc(OC[C@H](O)CN2C(=O)CC3(CCCCC3)C2=O)cc1. The number of hydrogen-bond donors (Lipinski definition) is 1. The highest BCUT2D eigenvalue weighted by molar-refractivity contribution is 6.06. The van der Waals surface area contributed by atoms with Crippen molar-refractivity contribution in [3.8, 4) is 5.75 Å². The minimum atomic E-state index is -0.976. The molecular weight excluding hydrogens is 362 g/mol. The molecule has 1 saturated heterocycles. The number of nitrogens with zero attached hydrogens (tertiary/aromatic N) is 1. The van der Waals surface area contributed by atoms with E-state index < -0.39 is 17.5 Å². The van der Waals surface area contributed by atoms with Gasteiger partial charge in [0.2, 0.25) is 11.8 Å². The summed E-state index contributed by atoms with van der Waals surface area (Å²) < 4.78 is 10.4. The lowest BCUT2D eigenvalue weighted by Crippen LogP contribution is -2.42. The minimum absolute atomic E-state index is 0.0528. The van der Waals surface area contributed by atoms with Crippen LogP contribution in [0.25, 0.3) is 0 Å². The van der Waals surface area contributed by atoms with Crippen LogP contribution in [-0.2, 0) is 14.3 Å². The summed E-state index contributed by atoms with van der Waals surface area (Å²) in [6.07, 6.45) is 3.85. The van der Waals surface area contributed by atoms with Gasteiger partial charge < -0.3 is 14.6 Å². The summed E-state index contributed by atoms with van der Waals surface area (Å²) in [5.41, 5.74) is -0.125. The molecule has 1 aliphatic heterocycles. The standard InChI is InChI=1S/C21H27NO6/c1-2-27-19(25)15-6-8-17(9-7-15)28-14-16(23)13-22-18(24)12-21(20(22)26)10-4-3-5-11-21/h6-9,16,23H,2-5,10-14H2,1H3/t16-/m1/s1. The molecule has 0 bridgehead atoms. The third-order valence-corrected chi connectivity index (χ3v) is 5.50. The second-order valence-corrected chi connectivity index (χ2v) is 7.54. The van der Waals surface area contributed by atoms with Crippen molar-refractivity contribution in [3.63, 3.8) is 0 Å². The molecule has 2 amide bonds. The number of carbonyl (C=O) groups is 3. The van der Waals surface area contributed by atoms with E-state index in [0.717, 1.165) is 32.1 Å². The molecule has 2 aliphatic rings. The molecule has 0 unspecified atom stereocenters. The highest BCUT2D eigenvalue weighted by Gasteiger charge is 2.51. The van der Waals surface area contributed by atoms with Gasteiger partial charge in [-0.2, -0.15) is 0 Å². The molecular formula is C21H27NO6. The van der Waals surface area contributed by atoms with Crippen molar-refractivity contribution < 1.29 is 29.0 Å². The molecule has 28 heavy (non-hydrogen) atoms. The molecule has 1 aliphatic carbocycles. The fraction of sp³-hybridized carbons (Fsp3) is 0.571. The van der Waals surface area contributed by atoms with E-state index in [1.54, 1.807) is 31.2 Å². The van der Waals surface area contributed by atoms with Crippen molar-refractivity contribution in [1.29, 1.82) is 0 Å². The van der Waals surface area contributed by atoms with Crippen LogP contribution >= 0.6 is 0 Å². The number of carbonyl (C=O) groups excluding carboxylic acids is 3. The second-order valence-electron chi connectivity index (χ2n) is 7.54. The summed E-state index contributed by atoms with van der Waals surface area (Å²) >= 11 is 0. The zero-order valence-corrected chi connectivity index (χ0v) is 16.2. The lowest BCUT2D eigenvalue weighted by Gasteiger charge is -2.30. The molecule has 1 spiro atoms. The Labute approximate surface area is 164 Å². The van der Waals surface area contributed by atoms with Gasteiger partial charge in [0, 0.05) is 6.42 Å². The van der Waals surface area contributed by atoms with Gasteiger partial charge in [-0.1, -0.05) is 19.3 Å². The van der Waals surface area contributed by atoms with Crippen LogP contribution in [0.5, 0.6) is 5.75 Å². The molecule has 0 radical (unpaired) electrons. The maximum absolute atomic E-state index is 12.8. The predicted octanol–water partition coefficient (Wildman–Crippen LogP) is 2.31. The lowest BCUT2D eigenvalue weighted by atomic mass is 9.73. The minimum Gasteiger partial charge on any atom is -0.491 e. The first kappa shape index (κ1) is 20.3. The number of ether oxygens (including phenoxy) is 2. The number of β-amino-alcohol motifs (C(OH)–C–C–N with tert-alkyl or cyclic N) is 1. The third kappa shape index (κ3) is 4.35. The van der Waals surface area contributed by atoms with Crippen LogP contribution < -0.4 is 4.74 Å². The molecule has 1 heterocycles. The summed E-state index contributed by atoms with van der Waals surface area (Å²) in [5, 5.41) is 10.3. The van der Waals surface area contributed by atoms with Gasteiger partial charge in [-0.15, -0.1) is 0 Å². The van der Waals surface area contributed by atoms with Crippen molar-refractivity contribution in [2.45, 2.75) is 51.6 Å². The van der Waals surface area contributed by atoms with Gasteiger partial charge >= 0.3 is 5.97 Å². The number of hydrogen-bond acceptors (Lipinski definition) is 6. The summed E-state index contributed by atoms with van der Waals surface area (Å²) in [6.45, 7) is 1.93. The van der Waals surface area contributed by atoms with E-state index in [9.17, 15) is 19.5 Å². The van der Waals surface area contributed by atoms with E-state index in [-0.39, 0.29) is 31.4 Å². The monoisotopic (exact) mass is 389 g/mol. The van der Waals surface area contributed by atoms with Crippen LogP contribution in [0.4, 0.5) is 0 Å². The first-order valence-electron chi connectivity index (χ1n) is 9.88. The van der Waals surface area contributed by atoms with E-state index in [1.165, 1.54) is 4.90 Å². The van der Waals surface area contributed by atoms with Gasteiger partial charge in [0.25, 0.3) is 0 Å². The molecule has 2 fully saturated rings. The van der Waals surface area contributed by atoms with Crippen LogP contribution in [-0.4, -0.2) is 53.7 Å². The maximum atomic E-state index is 12.8.